The topological polar surface area (TPSA) is 45.4 Å². The van der Waals surface area contributed by atoms with Crippen LogP contribution in [0, 0.1) is 11.5 Å². The fraction of sp³-hybridized carbons (Fsp3) is 0. The van der Waals surface area contributed by atoms with Gasteiger partial charge in [-0.1, -0.05) is 18.2 Å². The van der Waals surface area contributed by atoms with E-state index < -0.39 is 0 Å². The average molecular weight is 145 g/mol. The third-order valence-corrected chi connectivity index (χ3v) is 1.00. The van der Waals surface area contributed by atoms with Gasteiger partial charge >= 0.3 is 0 Å². The van der Waals surface area contributed by atoms with E-state index >= 15 is 0 Å². The van der Waals surface area contributed by atoms with Crippen LogP contribution >= 0.6 is 0 Å². The van der Waals surface area contributed by atoms with Crippen LogP contribution in [0.3, 0.4) is 0 Å². The molecular formula is C8H5N2O. The Morgan fingerprint density at radius 1 is 1.27 bits per heavy atom. The van der Waals surface area contributed by atoms with Gasteiger partial charge in [-0.25, -0.2) is 0 Å². The van der Waals surface area contributed by atoms with Gasteiger partial charge < -0.3 is 4.74 Å². The van der Waals surface area contributed by atoms with Gasteiger partial charge in [0, 0.05) is 0 Å². The van der Waals surface area contributed by atoms with Gasteiger partial charge in [0.2, 0.25) is 6.19 Å². The number of hydrogen-bond acceptors (Lipinski definition) is 3. The summed E-state index contributed by atoms with van der Waals surface area (Å²) in [6.45, 7) is 0. The van der Waals surface area contributed by atoms with E-state index in [1.54, 1.807) is 12.1 Å². The Labute approximate surface area is 64.6 Å². The van der Waals surface area contributed by atoms with Gasteiger partial charge in [0.05, 0.1) is 0 Å². The van der Waals surface area contributed by atoms with Crippen LogP contribution < -0.4 is 4.74 Å². The molecule has 1 aromatic rings. The van der Waals surface area contributed by atoms with E-state index in [2.05, 4.69) is 11.4 Å². The number of nitrogens with zero attached hydrogens (tertiary/aromatic N) is 2. The number of benzene rings is 1. The second-order valence-electron chi connectivity index (χ2n) is 1.72. The number of aliphatic imine (C=N–C) groups is 1. The van der Waals surface area contributed by atoms with Crippen molar-refractivity contribution in [3.05, 3.63) is 30.3 Å². The molecule has 53 valence electrons. The lowest BCUT2D eigenvalue weighted by Gasteiger charge is -1.93. The minimum Gasteiger partial charge on any atom is -0.434 e. The molecule has 0 saturated carbocycles. The highest BCUT2D eigenvalue weighted by molar-refractivity contribution is 5.52. The first-order valence-corrected chi connectivity index (χ1v) is 2.99. The molecule has 0 aliphatic rings. The van der Waals surface area contributed by atoms with Crippen LogP contribution in [0.15, 0.2) is 35.3 Å². The zero-order valence-corrected chi connectivity index (χ0v) is 5.69. The van der Waals surface area contributed by atoms with Gasteiger partial charge in [0.25, 0.3) is 6.40 Å². The largest absolute Gasteiger partial charge is 0.434 e. The molecule has 0 fully saturated rings. The Bertz CT molecular complexity index is 274. The van der Waals surface area contributed by atoms with Crippen LogP contribution in [-0.4, -0.2) is 6.40 Å². The summed E-state index contributed by atoms with van der Waals surface area (Å²) in [6, 6.07) is 9.01. The molecule has 3 heteroatoms. The minimum absolute atomic E-state index is 0.617. The predicted molar refractivity (Wildman–Crippen MR) is 40.1 cm³/mol. The number of para-hydroxylation sites is 1. The lowest BCUT2D eigenvalue weighted by molar-refractivity contribution is 0.574. The van der Waals surface area contributed by atoms with Crippen molar-refractivity contribution in [1.82, 2.24) is 0 Å². The van der Waals surface area contributed by atoms with E-state index in [-0.39, 0.29) is 0 Å². The molecule has 0 N–H and O–H groups in total. The average Bonchev–Trinajstić information content (AvgIpc) is 2.07. The first-order valence-electron chi connectivity index (χ1n) is 2.99. The van der Waals surface area contributed by atoms with Crippen molar-refractivity contribution in [2.45, 2.75) is 0 Å². The van der Waals surface area contributed by atoms with Crippen LogP contribution in [0.4, 0.5) is 0 Å². The molecule has 0 unspecified atom stereocenters. The van der Waals surface area contributed by atoms with E-state index in [1.165, 1.54) is 6.19 Å². The van der Waals surface area contributed by atoms with Gasteiger partial charge in [0.1, 0.15) is 5.75 Å². The summed E-state index contributed by atoms with van der Waals surface area (Å²) in [5, 5.41) is 7.99. The van der Waals surface area contributed by atoms with Crippen LogP contribution in [0.25, 0.3) is 0 Å². The quantitative estimate of drug-likeness (QED) is 0.359. The van der Waals surface area contributed by atoms with Crippen molar-refractivity contribution in [2.75, 3.05) is 0 Å². The summed E-state index contributed by atoms with van der Waals surface area (Å²) in [4.78, 5) is 3.10. The van der Waals surface area contributed by atoms with Gasteiger partial charge in [-0.2, -0.15) is 5.26 Å². The second-order valence-corrected chi connectivity index (χ2v) is 1.72. The number of rotatable bonds is 2. The molecular weight excluding hydrogens is 140 g/mol. The maximum Gasteiger partial charge on any atom is 0.295 e. The summed E-state index contributed by atoms with van der Waals surface area (Å²) in [5.41, 5.74) is 0. The van der Waals surface area contributed by atoms with Crippen LogP contribution in [0.5, 0.6) is 5.75 Å². The van der Waals surface area contributed by atoms with Crippen LogP contribution in [0.2, 0.25) is 0 Å². The molecule has 0 spiro atoms. The molecule has 0 aliphatic carbocycles. The second kappa shape index (κ2) is 4.07. The molecule has 11 heavy (non-hydrogen) atoms. The summed E-state index contributed by atoms with van der Waals surface area (Å²) in [6.07, 6.45) is 3.64. The van der Waals surface area contributed by atoms with Crippen molar-refractivity contribution in [1.29, 1.82) is 5.26 Å². The van der Waals surface area contributed by atoms with Crippen LogP contribution in [0.1, 0.15) is 0 Å². The van der Waals surface area contributed by atoms with Crippen molar-refractivity contribution in [3.8, 4) is 11.9 Å². The van der Waals surface area contributed by atoms with Crippen molar-refractivity contribution in [3.63, 3.8) is 0 Å². The first kappa shape index (κ1) is 7.29. The Kier molecular flexibility index (Phi) is 2.70. The molecule has 0 heterocycles. The van der Waals surface area contributed by atoms with E-state index in [4.69, 9.17) is 10.00 Å². The first-order chi connectivity index (χ1) is 5.43. The molecule has 1 aromatic carbocycles. The number of hydrogen-bond donors (Lipinski definition) is 0. The zero-order valence-electron chi connectivity index (χ0n) is 5.69. The summed E-state index contributed by atoms with van der Waals surface area (Å²) >= 11 is 0. The molecule has 3 nitrogen and oxygen atoms in total. The SMILES string of the molecule is N#C/N=[C]\Oc1ccccc1. The molecule has 1 rings (SSSR count). The summed E-state index contributed by atoms with van der Waals surface area (Å²) in [7, 11) is 0. The summed E-state index contributed by atoms with van der Waals surface area (Å²) < 4.78 is 4.81. The normalized spacial score (nSPS) is 9.36. The van der Waals surface area contributed by atoms with E-state index in [0.717, 1.165) is 0 Å². The Morgan fingerprint density at radius 2 is 2.00 bits per heavy atom. The van der Waals surface area contributed by atoms with Crippen molar-refractivity contribution in [2.24, 2.45) is 4.99 Å². The van der Waals surface area contributed by atoms with Crippen molar-refractivity contribution >= 4 is 6.40 Å². The number of nitriles is 1. The molecule has 0 aromatic heterocycles. The third-order valence-electron chi connectivity index (χ3n) is 1.00. The Hall–Kier alpha value is -1.82. The van der Waals surface area contributed by atoms with Crippen LogP contribution in [-0.2, 0) is 0 Å². The summed E-state index contributed by atoms with van der Waals surface area (Å²) in [5.74, 6) is 0.617. The number of ether oxygens (including phenoxy) is 1. The van der Waals surface area contributed by atoms with Gasteiger partial charge in [-0.05, 0) is 12.1 Å². The standard InChI is InChI=1S/C8H5N2O/c9-6-10-7-11-8-4-2-1-3-5-8/h1-5H. The maximum absolute atomic E-state index is 7.99. The zero-order chi connectivity index (χ0) is 7.94. The Morgan fingerprint density at radius 3 is 2.64 bits per heavy atom. The smallest absolute Gasteiger partial charge is 0.295 e. The fourth-order valence-corrected chi connectivity index (χ4v) is 0.584. The van der Waals surface area contributed by atoms with Gasteiger partial charge in [-0.15, -0.1) is 4.99 Å². The monoisotopic (exact) mass is 145 g/mol. The minimum atomic E-state index is 0.617. The highest BCUT2D eigenvalue weighted by Crippen LogP contribution is 2.06. The molecule has 0 bridgehead atoms. The highest BCUT2D eigenvalue weighted by atomic mass is 16.5. The predicted octanol–water partition coefficient (Wildman–Crippen LogP) is 1.45. The highest BCUT2D eigenvalue weighted by Gasteiger charge is 1.85. The van der Waals surface area contributed by atoms with Gasteiger partial charge in [-0.3, -0.25) is 0 Å². The lowest BCUT2D eigenvalue weighted by Crippen LogP contribution is -1.87. The van der Waals surface area contributed by atoms with E-state index in [0.29, 0.717) is 5.75 Å². The molecule has 0 amide bonds. The van der Waals surface area contributed by atoms with E-state index in [9.17, 15) is 0 Å². The third kappa shape index (κ3) is 2.50. The molecule has 1 radical (unpaired) electrons. The van der Waals surface area contributed by atoms with E-state index in [1.807, 2.05) is 18.2 Å². The lowest BCUT2D eigenvalue weighted by atomic mass is 10.3. The molecule has 0 atom stereocenters. The van der Waals surface area contributed by atoms with Crippen molar-refractivity contribution < 1.29 is 4.74 Å². The molecule has 0 aliphatic heterocycles. The Balaban J connectivity index is 2.53. The van der Waals surface area contributed by atoms with Gasteiger partial charge in [0.15, 0.2) is 0 Å². The molecule has 0 saturated heterocycles. The fourth-order valence-electron chi connectivity index (χ4n) is 0.584. The maximum atomic E-state index is 7.99.